The Morgan fingerprint density at radius 2 is 1.84 bits per heavy atom. The van der Waals surface area contributed by atoms with Gasteiger partial charge < -0.3 is 14.5 Å². The minimum absolute atomic E-state index is 0.0667. The van der Waals surface area contributed by atoms with Crippen LogP contribution in [0.1, 0.15) is 77.8 Å². The number of carbonyl (C=O) groups is 2. The summed E-state index contributed by atoms with van der Waals surface area (Å²) in [6.07, 6.45) is 4.84. The fraction of sp³-hybridized carbons (Fsp3) is 0.433. The summed E-state index contributed by atoms with van der Waals surface area (Å²) in [6, 6.07) is 12.2. The molecule has 5 rings (SSSR count). The number of halogens is 1. The van der Waals surface area contributed by atoms with E-state index in [1.807, 2.05) is 30.9 Å². The molecule has 1 unspecified atom stereocenters. The van der Waals surface area contributed by atoms with Gasteiger partial charge in [-0.25, -0.2) is 9.37 Å². The molecule has 1 aliphatic carbocycles. The number of aromatic nitrogens is 1. The molecule has 0 bridgehead atoms. The van der Waals surface area contributed by atoms with Crippen LogP contribution in [0, 0.1) is 11.7 Å². The number of ether oxygens (including phenoxy) is 1. The number of carbonyl (C=O) groups excluding carboxylic acids is 2. The fourth-order valence-electron chi connectivity index (χ4n) is 5.63. The van der Waals surface area contributed by atoms with E-state index in [-0.39, 0.29) is 36.2 Å². The zero-order valence-electron chi connectivity index (χ0n) is 22.0. The van der Waals surface area contributed by atoms with E-state index in [9.17, 15) is 14.0 Å². The molecule has 3 aromatic rings. The highest BCUT2D eigenvalue weighted by Gasteiger charge is 2.36. The highest BCUT2D eigenvalue weighted by molar-refractivity contribution is 7.09. The maximum atomic E-state index is 13.8. The summed E-state index contributed by atoms with van der Waals surface area (Å²) in [5.41, 5.74) is 3.53. The van der Waals surface area contributed by atoms with Gasteiger partial charge >= 0.3 is 0 Å². The smallest absolute Gasteiger partial charge is 0.273 e. The lowest BCUT2D eigenvalue weighted by atomic mass is 9.87. The van der Waals surface area contributed by atoms with E-state index in [2.05, 4.69) is 11.1 Å². The number of hydrogen-bond donors (Lipinski definition) is 0. The lowest BCUT2D eigenvalue weighted by Gasteiger charge is -2.39. The molecule has 1 aliphatic heterocycles. The number of benzene rings is 2. The Bertz CT molecular complexity index is 1280. The van der Waals surface area contributed by atoms with Gasteiger partial charge in [-0.15, -0.1) is 11.3 Å². The van der Waals surface area contributed by atoms with E-state index in [1.165, 1.54) is 29.0 Å². The van der Waals surface area contributed by atoms with Crippen LogP contribution >= 0.6 is 11.3 Å². The third-order valence-corrected chi connectivity index (χ3v) is 8.53. The van der Waals surface area contributed by atoms with Gasteiger partial charge in [0.2, 0.25) is 5.91 Å². The number of amides is 2. The van der Waals surface area contributed by atoms with E-state index in [0.717, 1.165) is 48.2 Å². The molecule has 38 heavy (non-hydrogen) atoms. The minimum atomic E-state index is -0.294. The second-order valence-corrected chi connectivity index (χ2v) is 10.9. The first-order chi connectivity index (χ1) is 18.5. The van der Waals surface area contributed by atoms with E-state index in [4.69, 9.17) is 4.74 Å². The molecular weight excluding hydrogens is 501 g/mol. The van der Waals surface area contributed by atoms with Crippen LogP contribution in [-0.2, 0) is 17.8 Å². The zero-order chi connectivity index (χ0) is 26.6. The topological polar surface area (TPSA) is 62.7 Å². The number of thiazole rings is 1. The van der Waals surface area contributed by atoms with Gasteiger partial charge in [-0.1, -0.05) is 31.0 Å². The number of nitrogens with zero attached hydrogens (tertiary/aromatic N) is 3. The molecule has 0 radical (unpaired) electrons. The highest BCUT2D eigenvalue weighted by Crippen LogP contribution is 2.40. The first kappa shape index (κ1) is 26.4. The van der Waals surface area contributed by atoms with Gasteiger partial charge in [-0.2, -0.15) is 0 Å². The molecule has 200 valence electrons. The molecule has 2 aliphatic rings. The Kier molecular flexibility index (Phi) is 8.07. The second kappa shape index (κ2) is 11.6. The molecule has 0 saturated heterocycles. The van der Waals surface area contributed by atoms with Gasteiger partial charge in [-0.05, 0) is 74.1 Å². The third kappa shape index (κ3) is 5.46. The van der Waals surface area contributed by atoms with Crippen LogP contribution in [0.25, 0.3) is 0 Å². The normalized spacial score (nSPS) is 17.3. The van der Waals surface area contributed by atoms with Crippen molar-refractivity contribution in [3.05, 3.63) is 81.1 Å². The first-order valence-electron chi connectivity index (χ1n) is 13.5. The third-order valence-electron chi connectivity index (χ3n) is 7.70. The number of fused-ring (bicyclic) bond motifs is 1. The highest BCUT2D eigenvalue weighted by atomic mass is 32.1. The Morgan fingerprint density at radius 1 is 1.11 bits per heavy atom. The summed E-state index contributed by atoms with van der Waals surface area (Å²) in [5.74, 6) is 0.579. The van der Waals surface area contributed by atoms with E-state index in [1.54, 1.807) is 22.4 Å². The van der Waals surface area contributed by atoms with Gasteiger partial charge in [0.15, 0.2) is 0 Å². The Morgan fingerprint density at radius 3 is 2.55 bits per heavy atom. The molecule has 6 nitrogen and oxygen atoms in total. The van der Waals surface area contributed by atoms with Crippen molar-refractivity contribution in [3.8, 4) is 5.75 Å². The lowest BCUT2D eigenvalue weighted by Crippen LogP contribution is -2.43. The van der Waals surface area contributed by atoms with Crippen molar-refractivity contribution in [1.29, 1.82) is 0 Å². The standard InChI is InChI=1S/C30H34FN3O3S/c1-3-33(4-2)30(36)26-19-38-27(32-26)18-37-24-14-11-20-15-16-34(29(35)22-7-5-6-8-22)28(25(20)17-24)21-9-12-23(31)13-10-21/h9-14,17,19,22,28H,3-8,15-16,18H2,1-2H3. The molecule has 2 aromatic carbocycles. The zero-order valence-corrected chi connectivity index (χ0v) is 22.8. The summed E-state index contributed by atoms with van der Waals surface area (Å²) in [6.45, 7) is 6.09. The molecule has 1 saturated carbocycles. The van der Waals surface area contributed by atoms with Crippen molar-refractivity contribution in [2.24, 2.45) is 5.92 Å². The van der Waals surface area contributed by atoms with Crippen LogP contribution < -0.4 is 4.74 Å². The van der Waals surface area contributed by atoms with Crippen LogP contribution in [0.4, 0.5) is 4.39 Å². The molecule has 1 aromatic heterocycles. The second-order valence-electron chi connectivity index (χ2n) is 9.97. The summed E-state index contributed by atoms with van der Waals surface area (Å²) < 4.78 is 19.9. The SMILES string of the molecule is CCN(CC)C(=O)c1csc(COc2ccc3c(c2)C(c2ccc(F)cc2)N(C(=O)C2CCCC2)CC3)n1. The van der Waals surface area contributed by atoms with Gasteiger partial charge in [-0.3, -0.25) is 9.59 Å². The quantitative estimate of drug-likeness (QED) is 0.355. The first-order valence-corrected chi connectivity index (χ1v) is 14.4. The number of rotatable bonds is 8. The molecule has 0 N–H and O–H groups in total. The molecule has 2 amide bonds. The van der Waals surface area contributed by atoms with Crippen molar-refractivity contribution in [3.63, 3.8) is 0 Å². The van der Waals surface area contributed by atoms with Crippen LogP contribution in [0.2, 0.25) is 0 Å². The largest absolute Gasteiger partial charge is 0.486 e. The van der Waals surface area contributed by atoms with Crippen molar-refractivity contribution < 1.29 is 18.7 Å². The maximum absolute atomic E-state index is 13.8. The van der Waals surface area contributed by atoms with Crippen molar-refractivity contribution in [2.75, 3.05) is 19.6 Å². The predicted molar refractivity (Wildman–Crippen MR) is 146 cm³/mol. The van der Waals surface area contributed by atoms with E-state index in [0.29, 0.717) is 31.1 Å². The average Bonchev–Trinajstić information content (AvgIpc) is 3.65. The fourth-order valence-corrected chi connectivity index (χ4v) is 6.30. The maximum Gasteiger partial charge on any atom is 0.273 e. The summed E-state index contributed by atoms with van der Waals surface area (Å²) in [4.78, 5) is 34.4. The minimum Gasteiger partial charge on any atom is -0.486 e. The average molecular weight is 536 g/mol. The predicted octanol–water partition coefficient (Wildman–Crippen LogP) is 6.01. The molecule has 2 heterocycles. The molecule has 1 atom stereocenters. The van der Waals surface area contributed by atoms with Crippen molar-refractivity contribution in [1.82, 2.24) is 14.8 Å². The molecular formula is C30H34FN3O3S. The lowest BCUT2D eigenvalue weighted by molar-refractivity contribution is -0.137. The molecule has 1 fully saturated rings. The number of hydrogen-bond acceptors (Lipinski definition) is 5. The van der Waals surface area contributed by atoms with Gasteiger partial charge in [0, 0.05) is 30.9 Å². The summed E-state index contributed by atoms with van der Waals surface area (Å²) in [7, 11) is 0. The van der Waals surface area contributed by atoms with Crippen LogP contribution in [0.5, 0.6) is 5.75 Å². The van der Waals surface area contributed by atoms with Crippen LogP contribution in [-0.4, -0.2) is 46.2 Å². The van der Waals surface area contributed by atoms with Gasteiger partial charge in [0.1, 0.15) is 28.9 Å². The van der Waals surface area contributed by atoms with Crippen LogP contribution in [0.15, 0.2) is 47.8 Å². The van der Waals surface area contributed by atoms with Gasteiger partial charge in [0.25, 0.3) is 5.91 Å². The van der Waals surface area contributed by atoms with Crippen LogP contribution in [0.3, 0.4) is 0 Å². The molecule has 8 heteroatoms. The monoisotopic (exact) mass is 535 g/mol. The Labute approximate surface area is 227 Å². The summed E-state index contributed by atoms with van der Waals surface area (Å²) >= 11 is 1.41. The van der Waals surface area contributed by atoms with E-state index < -0.39 is 0 Å². The Hall–Kier alpha value is -3.26. The van der Waals surface area contributed by atoms with Crippen molar-refractivity contribution >= 4 is 23.2 Å². The Balaban J connectivity index is 1.38. The summed E-state index contributed by atoms with van der Waals surface area (Å²) in [5, 5.41) is 2.51. The van der Waals surface area contributed by atoms with Crippen molar-refractivity contribution in [2.45, 2.75) is 58.6 Å². The van der Waals surface area contributed by atoms with E-state index >= 15 is 0 Å². The van der Waals surface area contributed by atoms with Gasteiger partial charge in [0.05, 0.1) is 6.04 Å². The molecule has 0 spiro atoms.